The first kappa shape index (κ1) is 11.9. The number of anilines is 1. The molecule has 0 saturated heterocycles. The number of rotatable bonds is 3. The van der Waals surface area contributed by atoms with Crippen LogP contribution >= 0.6 is 0 Å². The van der Waals surface area contributed by atoms with Crippen LogP contribution in [0.3, 0.4) is 0 Å². The fraction of sp³-hybridized carbons (Fsp3) is 0.286. The smallest absolute Gasteiger partial charge is 0.244 e. The van der Waals surface area contributed by atoms with Gasteiger partial charge in [-0.15, -0.1) is 0 Å². The van der Waals surface area contributed by atoms with Crippen molar-refractivity contribution in [1.29, 1.82) is 0 Å². The van der Waals surface area contributed by atoms with Crippen molar-refractivity contribution in [2.45, 2.75) is 24.8 Å². The fourth-order valence-electron chi connectivity index (χ4n) is 2.22. The molecule has 0 aliphatic heterocycles. The lowest BCUT2D eigenvalue weighted by atomic mass is 9.77. The van der Waals surface area contributed by atoms with Crippen molar-refractivity contribution >= 4 is 11.6 Å². The predicted octanol–water partition coefficient (Wildman–Crippen LogP) is 1.90. The maximum absolute atomic E-state index is 12.1. The van der Waals surface area contributed by atoms with Gasteiger partial charge in [-0.25, -0.2) is 0 Å². The second-order valence-corrected chi connectivity index (χ2v) is 5.01. The summed E-state index contributed by atoms with van der Waals surface area (Å²) in [5.41, 5.74) is 7.98. The van der Waals surface area contributed by atoms with Crippen molar-refractivity contribution in [1.82, 2.24) is 10.2 Å². The highest BCUT2D eigenvalue weighted by Gasteiger charge is 2.40. The summed E-state index contributed by atoms with van der Waals surface area (Å²) < 4.78 is 0. The van der Waals surface area contributed by atoms with Gasteiger partial charge in [0.05, 0.1) is 11.2 Å². The average molecular weight is 256 g/mol. The van der Waals surface area contributed by atoms with Gasteiger partial charge in [0.15, 0.2) is 0 Å². The quantitative estimate of drug-likeness (QED) is 0.784. The minimum absolute atomic E-state index is 0.0967. The number of hydrogen-bond donors (Lipinski definition) is 3. The van der Waals surface area contributed by atoms with Crippen molar-refractivity contribution in [2.24, 2.45) is 5.73 Å². The van der Waals surface area contributed by atoms with Gasteiger partial charge in [0, 0.05) is 17.4 Å². The van der Waals surface area contributed by atoms with Gasteiger partial charge in [-0.3, -0.25) is 9.89 Å². The number of H-pyrrole nitrogens is 1. The van der Waals surface area contributed by atoms with Crippen LogP contribution in [0.2, 0.25) is 0 Å². The van der Waals surface area contributed by atoms with E-state index >= 15 is 0 Å². The van der Waals surface area contributed by atoms with E-state index < -0.39 is 5.54 Å². The van der Waals surface area contributed by atoms with Crippen molar-refractivity contribution in [3.8, 4) is 11.3 Å². The summed E-state index contributed by atoms with van der Waals surface area (Å²) in [5.74, 6) is -0.0967. The van der Waals surface area contributed by atoms with Gasteiger partial charge >= 0.3 is 0 Å². The van der Waals surface area contributed by atoms with Crippen LogP contribution < -0.4 is 11.1 Å². The van der Waals surface area contributed by atoms with Crippen LogP contribution in [-0.4, -0.2) is 21.6 Å². The molecule has 1 aliphatic rings. The van der Waals surface area contributed by atoms with E-state index in [0.29, 0.717) is 0 Å². The van der Waals surface area contributed by atoms with E-state index in [1.165, 1.54) is 0 Å². The van der Waals surface area contributed by atoms with Crippen molar-refractivity contribution in [3.05, 3.63) is 36.5 Å². The molecule has 5 nitrogen and oxygen atoms in total. The molecule has 1 aromatic heterocycles. The lowest BCUT2D eigenvalue weighted by molar-refractivity contribution is -0.123. The molecule has 3 rings (SSSR count). The van der Waals surface area contributed by atoms with Gasteiger partial charge < -0.3 is 11.1 Å². The number of nitrogens with two attached hydrogens (primary N) is 1. The lowest BCUT2D eigenvalue weighted by Crippen LogP contribution is -2.56. The normalized spacial score (nSPS) is 16.7. The fourth-order valence-corrected chi connectivity index (χ4v) is 2.22. The molecule has 4 N–H and O–H groups in total. The summed E-state index contributed by atoms with van der Waals surface area (Å²) in [6.45, 7) is 0. The molecule has 1 fully saturated rings. The first-order valence-electron chi connectivity index (χ1n) is 6.38. The number of aromatic amines is 1. The Balaban J connectivity index is 1.78. The second kappa shape index (κ2) is 4.51. The van der Waals surface area contributed by atoms with Crippen molar-refractivity contribution in [2.75, 3.05) is 5.32 Å². The average Bonchev–Trinajstić information content (AvgIpc) is 2.90. The monoisotopic (exact) mass is 256 g/mol. The molecule has 1 heterocycles. The maximum atomic E-state index is 12.1. The zero-order valence-electron chi connectivity index (χ0n) is 10.5. The van der Waals surface area contributed by atoms with E-state index in [9.17, 15) is 4.79 Å². The van der Waals surface area contributed by atoms with Crippen LogP contribution in [0.1, 0.15) is 19.3 Å². The maximum Gasteiger partial charge on any atom is 0.244 e. The first-order valence-corrected chi connectivity index (χ1v) is 6.38. The van der Waals surface area contributed by atoms with E-state index in [1.54, 1.807) is 6.20 Å². The highest BCUT2D eigenvalue weighted by atomic mass is 16.2. The van der Waals surface area contributed by atoms with Gasteiger partial charge in [0.25, 0.3) is 0 Å². The first-order chi connectivity index (χ1) is 9.17. The Morgan fingerprint density at radius 1 is 1.37 bits per heavy atom. The molecule has 2 aromatic rings. The van der Waals surface area contributed by atoms with Crippen LogP contribution in [0.4, 0.5) is 5.69 Å². The van der Waals surface area contributed by atoms with Gasteiger partial charge in [-0.2, -0.15) is 5.10 Å². The van der Waals surface area contributed by atoms with E-state index in [1.807, 2.05) is 30.3 Å². The number of nitrogens with zero attached hydrogens (tertiary/aromatic N) is 1. The Kier molecular flexibility index (Phi) is 2.83. The molecule has 0 spiro atoms. The summed E-state index contributed by atoms with van der Waals surface area (Å²) >= 11 is 0. The van der Waals surface area contributed by atoms with Gasteiger partial charge in [-0.05, 0) is 37.5 Å². The van der Waals surface area contributed by atoms with Crippen molar-refractivity contribution < 1.29 is 4.79 Å². The van der Waals surface area contributed by atoms with Gasteiger partial charge in [0.2, 0.25) is 5.91 Å². The van der Waals surface area contributed by atoms with Crippen LogP contribution in [-0.2, 0) is 4.79 Å². The van der Waals surface area contributed by atoms with Crippen LogP contribution in [0.25, 0.3) is 11.3 Å². The summed E-state index contributed by atoms with van der Waals surface area (Å²) in [5, 5.41) is 9.71. The molecule has 1 amide bonds. The molecule has 98 valence electrons. The van der Waals surface area contributed by atoms with Gasteiger partial charge in [-0.1, -0.05) is 12.1 Å². The van der Waals surface area contributed by atoms with E-state index in [0.717, 1.165) is 36.2 Å². The number of carbonyl (C=O) groups is 1. The topological polar surface area (TPSA) is 83.8 Å². The van der Waals surface area contributed by atoms with Crippen LogP contribution in [0, 0.1) is 0 Å². The zero-order chi connectivity index (χ0) is 13.3. The van der Waals surface area contributed by atoms with E-state index in [4.69, 9.17) is 5.73 Å². The standard InChI is InChI=1S/C14H16N4O/c15-14(6-2-7-14)13(19)17-11-4-1-3-10(9-11)12-5-8-16-18-12/h1,3-5,8-9H,2,6-7,15H2,(H,16,18)(H,17,19). The Morgan fingerprint density at radius 2 is 2.21 bits per heavy atom. The summed E-state index contributed by atoms with van der Waals surface area (Å²) in [6.07, 6.45) is 4.25. The number of aromatic nitrogens is 2. The highest BCUT2D eigenvalue weighted by Crippen LogP contribution is 2.30. The minimum atomic E-state index is -0.677. The lowest BCUT2D eigenvalue weighted by Gasteiger charge is -2.36. The summed E-state index contributed by atoms with van der Waals surface area (Å²) in [4.78, 5) is 12.1. The zero-order valence-corrected chi connectivity index (χ0v) is 10.5. The van der Waals surface area contributed by atoms with Crippen LogP contribution in [0.5, 0.6) is 0 Å². The molecule has 1 aliphatic carbocycles. The van der Waals surface area contributed by atoms with Crippen molar-refractivity contribution in [3.63, 3.8) is 0 Å². The van der Waals surface area contributed by atoms with E-state index in [-0.39, 0.29) is 5.91 Å². The number of hydrogen-bond acceptors (Lipinski definition) is 3. The number of amides is 1. The highest BCUT2D eigenvalue weighted by molar-refractivity contribution is 5.99. The summed E-state index contributed by atoms with van der Waals surface area (Å²) in [6, 6.07) is 9.52. The Hall–Kier alpha value is -2.14. The molecule has 1 saturated carbocycles. The molecule has 0 atom stereocenters. The Morgan fingerprint density at radius 3 is 2.84 bits per heavy atom. The third-order valence-electron chi connectivity index (χ3n) is 3.63. The molecule has 0 unspecified atom stereocenters. The third kappa shape index (κ3) is 2.24. The Labute approximate surface area is 111 Å². The molecule has 0 bridgehead atoms. The Bertz CT molecular complexity index is 587. The summed E-state index contributed by atoms with van der Waals surface area (Å²) in [7, 11) is 0. The molecule has 19 heavy (non-hydrogen) atoms. The minimum Gasteiger partial charge on any atom is -0.324 e. The number of carbonyl (C=O) groups excluding carboxylic acids is 1. The second-order valence-electron chi connectivity index (χ2n) is 5.01. The number of benzene rings is 1. The molecular formula is C14H16N4O. The largest absolute Gasteiger partial charge is 0.324 e. The SMILES string of the molecule is NC1(C(=O)Nc2cccc(-c3ccn[nH]3)c2)CCC1. The molecular weight excluding hydrogens is 240 g/mol. The molecule has 5 heteroatoms. The van der Waals surface area contributed by atoms with Gasteiger partial charge in [0.1, 0.15) is 0 Å². The van der Waals surface area contributed by atoms with Crippen LogP contribution in [0.15, 0.2) is 36.5 Å². The molecule has 1 aromatic carbocycles. The molecule has 0 radical (unpaired) electrons. The predicted molar refractivity (Wildman–Crippen MR) is 73.4 cm³/mol. The third-order valence-corrected chi connectivity index (χ3v) is 3.63. The van der Waals surface area contributed by atoms with E-state index in [2.05, 4.69) is 15.5 Å². The number of nitrogens with one attached hydrogen (secondary N) is 2.